The molecule has 0 saturated carbocycles. The zero-order valence-electron chi connectivity index (χ0n) is 19.4. The fourth-order valence-corrected chi connectivity index (χ4v) is 5.40. The summed E-state index contributed by atoms with van der Waals surface area (Å²) in [7, 11) is 0. The van der Waals surface area contributed by atoms with Crippen LogP contribution >= 0.6 is 0 Å². The molecule has 2 aromatic rings. The van der Waals surface area contributed by atoms with E-state index in [0.717, 1.165) is 22.3 Å². The number of nitrogens with one attached hydrogen (secondary N) is 1. The Bertz CT molecular complexity index is 1130. The number of hydrogen-bond acceptors (Lipinski definition) is 5. The van der Waals surface area contributed by atoms with Gasteiger partial charge in [-0.3, -0.25) is 4.79 Å². The third-order valence-corrected chi connectivity index (χ3v) is 7.08. The molecule has 4 atom stereocenters. The third-order valence-electron chi connectivity index (χ3n) is 7.08. The fourth-order valence-electron chi connectivity index (χ4n) is 5.40. The first-order valence-corrected chi connectivity index (χ1v) is 11.9. The van der Waals surface area contributed by atoms with Gasteiger partial charge in [-0.15, -0.1) is 0 Å². The molecule has 1 aliphatic heterocycles. The number of rotatable bonds is 5. The molecule has 0 spiro atoms. The average molecular weight is 477 g/mol. The Morgan fingerprint density at radius 2 is 1.71 bits per heavy atom. The quantitative estimate of drug-likeness (QED) is 0.643. The predicted molar refractivity (Wildman–Crippen MR) is 128 cm³/mol. The number of amides is 2. The highest BCUT2D eigenvalue weighted by Gasteiger charge is 2.41. The third kappa shape index (κ3) is 4.41. The number of carbonyl (C=O) groups excluding carboxylic acids is 2. The van der Waals surface area contributed by atoms with E-state index in [1.807, 2.05) is 24.3 Å². The maximum atomic E-state index is 13.0. The molecule has 3 aliphatic rings. The molecule has 0 aromatic heterocycles. The Morgan fingerprint density at radius 1 is 1.06 bits per heavy atom. The molecule has 8 heteroatoms. The largest absolute Gasteiger partial charge is 0.480 e. The summed E-state index contributed by atoms with van der Waals surface area (Å²) >= 11 is 0. The van der Waals surface area contributed by atoms with Crippen LogP contribution in [0, 0.1) is 5.92 Å². The van der Waals surface area contributed by atoms with Gasteiger partial charge in [0.1, 0.15) is 6.61 Å². The van der Waals surface area contributed by atoms with Gasteiger partial charge in [0.05, 0.1) is 24.7 Å². The van der Waals surface area contributed by atoms with Gasteiger partial charge in [0.15, 0.2) is 6.04 Å². The Kier molecular flexibility index (Phi) is 6.30. The van der Waals surface area contributed by atoms with E-state index >= 15 is 0 Å². The number of fused-ring (bicyclic) bond motifs is 3. The lowest BCUT2D eigenvalue weighted by molar-refractivity contribution is -0.166. The number of alkyl carbamates (subject to hydrolysis) is 1. The highest BCUT2D eigenvalue weighted by molar-refractivity contribution is 5.87. The maximum absolute atomic E-state index is 13.0. The number of carbonyl (C=O) groups is 3. The standard InChI is InChI=1S/C27H28N2O6/c1-16-24(26(31)32)29(12-13-34-16)25(30)17-10-11-18(14-17)28-27(33)35-15-23-21-8-4-2-6-19(21)20-7-3-5-9-22(20)23/h2-11,16-18,23-24H,12-15H2,1H3,(H,28,33)(H,31,32). The topological polar surface area (TPSA) is 105 Å². The molecule has 4 unspecified atom stereocenters. The molecule has 2 aromatic carbocycles. The van der Waals surface area contributed by atoms with E-state index in [4.69, 9.17) is 9.47 Å². The summed E-state index contributed by atoms with van der Waals surface area (Å²) in [5.74, 6) is -1.87. The van der Waals surface area contributed by atoms with Crippen LogP contribution in [-0.4, -0.2) is 65.9 Å². The number of carboxylic acids is 1. The zero-order valence-corrected chi connectivity index (χ0v) is 19.4. The van der Waals surface area contributed by atoms with Gasteiger partial charge in [-0.1, -0.05) is 60.7 Å². The van der Waals surface area contributed by atoms with Gasteiger partial charge in [-0.2, -0.15) is 0 Å². The Balaban J connectivity index is 1.17. The van der Waals surface area contributed by atoms with Crippen LogP contribution in [0.5, 0.6) is 0 Å². The average Bonchev–Trinajstić information content (AvgIpc) is 3.44. The van der Waals surface area contributed by atoms with Crippen LogP contribution in [0.4, 0.5) is 4.79 Å². The van der Waals surface area contributed by atoms with Crippen molar-refractivity contribution in [3.63, 3.8) is 0 Å². The molecular weight excluding hydrogens is 448 g/mol. The lowest BCUT2D eigenvalue weighted by atomic mass is 9.98. The SMILES string of the molecule is CC1OCCN(C(=O)C2C=CC(NC(=O)OCC3c4ccccc4-c4ccccc43)C2)C1C(=O)O. The molecule has 2 N–H and O–H groups in total. The van der Waals surface area contributed by atoms with E-state index in [1.54, 1.807) is 19.1 Å². The molecule has 0 radical (unpaired) electrons. The van der Waals surface area contributed by atoms with Crippen molar-refractivity contribution in [1.82, 2.24) is 10.2 Å². The second-order valence-corrected chi connectivity index (χ2v) is 9.19. The molecule has 5 rings (SSSR count). The molecule has 2 amide bonds. The molecule has 8 nitrogen and oxygen atoms in total. The van der Waals surface area contributed by atoms with Gasteiger partial charge in [0.25, 0.3) is 0 Å². The summed E-state index contributed by atoms with van der Waals surface area (Å²) in [6.45, 7) is 2.40. The summed E-state index contributed by atoms with van der Waals surface area (Å²) in [5, 5.41) is 12.4. The molecule has 182 valence electrons. The molecule has 2 aliphatic carbocycles. The van der Waals surface area contributed by atoms with Crippen molar-refractivity contribution < 1.29 is 29.0 Å². The number of benzene rings is 2. The van der Waals surface area contributed by atoms with Gasteiger partial charge in [0.2, 0.25) is 5.91 Å². The fraction of sp³-hybridized carbons (Fsp3) is 0.370. The molecule has 1 fully saturated rings. The summed E-state index contributed by atoms with van der Waals surface area (Å²) < 4.78 is 11.0. The van der Waals surface area contributed by atoms with Crippen molar-refractivity contribution in [3.05, 3.63) is 71.8 Å². The van der Waals surface area contributed by atoms with Crippen molar-refractivity contribution in [2.75, 3.05) is 19.8 Å². The van der Waals surface area contributed by atoms with Gasteiger partial charge in [0, 0.05) is 12.5 Å². The second-order valence-electron chi connectivity index (χ2n) is 9.19. The summed E-state index contributed by atoms with van der Waals surface area (Å²) in [6, 6.07) is 14.9. The van der Waals surface area contributed by atoms with Crippen molar-refractivity contribution in [3.8, 4) is 11.1 Å². The van der Waals surface area contributed by atoms with E-state index in [0.29, 0.717) is 13.0 Å². The number of carboxylic acid groups (broad SMARTS) is 1. The zero-order chi connectivity index (χ0) is 24.5. The predicted octanol–water partition coefficient (Wildman–Crippen LogP) is 3.17. The highest BCUT2D eigenvalue weighted by Crippen LogP contribution is 2.44. The minimum atomic E-state index is -1.08. The van der Waals surface area contributed by atoms with Gasteiger partial charge >= 0.3 is 12.1 Å². The molecular formula is C27H28N2O6. The van der Waals surface area contributed by atoms with Crippen LogP contribution in [0.15, 0.2) is 60.7 Å². The van der Waals surface area contributed by atoms with E-state index in [-0.39, 0.29) is 31.0 Å². The van der Waals surface area contributed by atoms with Crippen molar-refractivity contribution in [2.45, 2.75) is 37.5 Å². The number of morpholine rings is 1. The van der Waals surface area contributed by atoms with Crippen LogP contribution in [0.3, 0.4) is 0 Å². The van der Waals surface area contributed by atoms with Gasteiger partial charge < -0.3 is 24.8 Å². The summed E-state index contributed by atoms with van der Waals surface area (Å²) in [4.78, 5) is 38.7. The van der Waals surface area contributed by atoms with Crippen LogP contribution in [0.25, 0.3) is 11.1 Å². The lowest BCUT2D eigenvalue weighted by Gasteiger charge is -2.38. The van der Waals surface area contributed by atoms with Crippen LogP contribution in [0.1, 0.15) is 30.4 Å². The van der Waals surface area contributed by atoms with Crippen LogP contribution in [0.2, 0.25) is 0 Å². The monoisotopic (exact) mass is 476 g/mol. The smallest absolute Gasteiger partial charge is 0.407 e. The van der Waals surface area contributed by atoms with E-state index in [2.05, 4.69) is 29.6 Å². The maximum Gasteiger partial charge on any atom is 0.407 e. The number of nitrogens with zero attached hydrogens (tertiary/aromatic N) is 1. The van der Waals surface area contributed by atoms with Gasteiger partial charge in [-0.25, -0.2) is 9.59 Å². The Hall–Kier alpha value is -3.65. The van der Waals surface area contributed by atoms with Crippen molar-refractivity contribution in [2.24, 2.45) is 5.92 Å². The molecule has 1 heterocycles. The minimum absolute atomic E-state index is 0.0298. The first kappa shape index (κ1) is 23.1. The number of hydrogen-bond donors (Lipinski definition) is 2. The molecule has 0 bridgehead atoms. The lowest BCUT2D eigenvalue weighted by Crippen LogP contribution is -2.57. The molecule has 35 heavy (non-hydrogen) atoms. The highest BCUT2D eigenvalue weighted by atomic mass is 16.5. The van der Waals surface area contributed by atoms with Crippen molar-refractivity contribution in [1.29, 1.82) is 0 Å². The van der Waals surface area contributed by atoms with E-state index < -0.39 is 30.1 Å². The van der Waals surface area contributed by atoms with Crippen LogP contribution < -0.4 is 5.32 Å². The van der Waals surface area contributed by atoms with Crippen molar-refractivity contribution >= 4 is 18.0 Å². The first-order valence-electron chi connectivity index (χ1n) is 11.9. The minimum Gasteiger partial charge on any atom is -0.480 e. The molecule has 1 saturated heterocycles. The number of ether oxygens (including phenoxy) is 2. The summed E-state index contributed by atoms with van der Waals surface area (Å²) in [6.07, 6.45) is 2.74. The normalized spacial score (nSPS) is 25.1. The van der Waals surface area contributed by atoms with Crippen LogP contribution in [-0.2, 0) is 19.1 Å². The second kappa shape index (κ2) is 9.54. The first-order chi connectivity index (χ1) is 16.9. The Morgan fingerprint density at radius 3 is 2.37 bits per heavy atom. The number of aliphatic carboxylic acids is 1. The van der Waals surface area contributed by atoms with Gasteiger partial charge in [-0.05, 0) is 35.6 Å². The van der Waals surface area contributed by atoms with E-state index in [1.165, 1.54) is 4.90 Å². The van der Waals surface area contributed by atoms with E-state index in [9.17, 15) is 19.5 Å². The summed E-state index contributed by atoms with van der Waals surface area (Å²) in [5.41, 5.74) is 4.60. The Labute approximate surface area is 203 Å².